The smallest absolute Gasteiger partial charge is 0.198 e. The summed E-state index contributed by atoms with van der Waals surface area (Å²) in [5.74, 6) is 1.71. The molecule has 0 radical (unpaired) electrons. The van der Waals surface area contributed by atoms with E-state index in [4.69, 9.17) is 4.42 Å². The third kappa shape index (κ3) is 2.21. The van der Waals surface area contributed by atoms with Crippen LogP contribution in [-0.2, 0) is 6.42 Å². The van der Waals surface area contributed by atoms with Gasteiger partial charge in [0.15, 0.2) is 11.5 Å². The van der Waals surface area contributed by atoms with Gasteiger partial charge in [-0.1, -0.05) is 34.6 Å². The third-order valence-corrected chi connectivity index (χ3v) is 3.16. The lowest BCUT2D eigenvalue weighted by molar-refractivity contribution is 0.501. The zero-order valence-corrected chi connectivity index (χ0v) is 11.4. The van der Waals surface area contributed by atoms with Gasteiger partial charge in [-0.15, -0.1) is 0 Å². The molecule has 2 rings (SSSR count). The molecule has 0 aliphatic heterocycles. The van der Waals surface area contributed by atoms with Gasteiger partial charge < -0.3 is 4.42 Å². The summed E-state index contributed by atoms with van der Waals surface area (Å²) in [7, 11) is 0. The van der Waals surface area contributed by atoms with Crippen molar-refractivity contribution in [2.75, 3.05) is 0 Å². The van der Waals surface area contributed by atoms with Crippen molar-refractivity contribution in [3.8, 4) is 0 Å². The van der Waals surface area contributed by atoms with E-state index in [1.807, 2.05) is 0 Å². The van der Waals surface area contributed by atoms with E-state index in [-0.39, 0.29) is 0 Å². The standard InChI is InChI=1S/C15H21NO/c1-6-11-7-14-13(8-12(11)9(2)3)16-15(17-14)10(4)5/h7-10H,6H2,1-5H3. The SMILES string of the molecule is CCc1cc2oc(C(C)C)nc2cc1C(C)C. The zero-order valence-electron chi connectivity index (χ0n) is 11.4. The quantitative estimate of drug-likeness (QED) is 0.769. The molecular formula is C15H21NO. The van der Waals surface area contributed by atoms with Crippen LogP contribution in [0, 0.1) is 0 Å². The summed E-state index contributed by atoms with van der Waals surface area (Å²) in [6.45, 7) is 10.9. The number of benzene rings is 1. The molecule has 92 valence electrons. The van der Waals surface area contributed by atoms with Gasteiger partial charge in [-0.05, 0) is 35.6 Å². The highest BCUT2D eigenvalue weighted by molar-refractivity contribution is 5.75. The number of aromatic nitrogens is 1. The molecule has 0 aliphatic rings. The number of fused-ring (bicyclic) bond motifs is 1. The molecule has 2 nitrogen and oxygen atoms in total. The van der Waals surface area contributed by atoms with Crippen LogP contribution in [0.25, 0.3) is 11.1 Å². The molecule has 1 aromatic carbocycles. The van der Waals surface area contributed by atoms with Gasteiger partial charge in [0.05, 0.1) is 0 Å². The van der Waals surface area contributed by atoms with Gasteiger partial charge in [-0.25, -0.2) is 4.98 Å². The highest BCUT2D eigenvalue weighted by Crippen LogP contribution is 2.28. The molecule has 0 fully saturated rings. The molecule has 1 heterocycles. The fourth-order valence-corrected chi connectivity index (χ4v) is 2.14. The number of oxazole rings is 1. The highest BCUT2D eigenvalue weighted by Gasteiger charge is 2.13. The van der Waals surface area contributed by atoms with E-state index in [2.05, 4.69) is 51.7 Å². The van der Waals surface area contributed by atoms with Crippen LogP contribution in [0.4, 0.5) is 0 Å². The Hall–Kier alpha value is -1.31. The molecule has 0 saturated heterocycles. The lowest BCUT2D eigenvalue weighted by atomic mass is 9.95. The fraction of sp³-hybridized carbons (Fsp3) is 0.533. The Morgan fingerprint density at radius 2 is 1.82 bits per heavy atom. The van der Waals surface area contributed by atoms with Crippen LogP contribution < -0.4 is 0 Å². The predicted molar refractivity (Wildman–Crippen MR) is 71.6 cm³/mol. The molecule has 2 heteroatoms. The van der Waals surface area contributed by atoms with Gasteiger partial charge in [0, 0.05) is 5.92 Å². The molecule has 2 aromatic rings. The van der Waals surface area contributed by atoms with Crippen LogP contribution in [0.15, 0.2) is 16.5 Å². The number of nitrogens with zero attached hydrogens (tertiary/aromatic N) is 1. The van der Waals surface area contributed by atoms with E-state index < -0.39 is 0 Å². The first-order valence-electron chi connectivity index (χ1n) is 6.46. The topological polar surface area (TPSA) is 26.0 Å². The minimum Gasteiger partial charge on any atom is -0.440 e. The van der Waals surface area contributed by atoms with Gasteiger partial charge in [0.25, 0.3) is 0 Å². The van der Waals surface area contributed by atoms with E-state index >= 15 is 0 Å². The molecule has 0 bridgehead atoms. The number of aryl methyl sites for hydroxylation is 1. The van der Waals surface area contributed by atoms with E-state index in [9.17, 15) is 0 Å². The monoisotopic (exact) mass is 231 g/mol. The molecular weight excluding hydrogens is 210 g/mol. The average molecular weight is 231 g/mol. The van der Waals surface area contributed by atoms with Crippen LogP contribution in [0.2, 0.25) is 0 Å². The van der Waals surface area contributed by atoms with Gasteiger partial charge in [-0.3, -0.25) is 0 Å². The Balaban J connectivity index is 2.61. The van der Waals surface area contributed by atoms with Gasteiger partial charge in [0.2, 0.25) is 0 Å². The minimum absolute atomic E-state index is 0.343. The molecule has 0 spiro atoms. The van der Waals surface area contributed by atoms with Gasteiger partial charge >= 0.3 is 0 Å². The second-order valence-corrected chi connectivity index (χ2v) is 5.23. The largest absolute Gasteiger partial charge is 0.440 e. The van der Waals surface area contributed by atoms with Crippen LogP contribution in [0.5, 0.6) is 0 Å². The van der Waals surface area contributed by atoms with E-state index in [0.29, 0.717) is 11.8 Å². The summed E-state index contributed by atoms with van der Waals surface area (Å²) in [5.41, 5.74) is 4.69. The Kier molecular flexibility index (Phi) is 3.23. The molecule has 0 amide bonds. The first-order valence-corrected chi connectivity index (χ1v) is 6.46. The van der Waals surface area contributed by atoms with Gasteiger partial charge in [0.1, 0.15) is 5.52 Å². The summed E-state index contributed by atoms with van der Waals surface area (Å²) in [5, 5.41) is 0. The van der Waals surface area contributed by atoms with E-state index in [1.165, 1.54) is 11.1 Å². The highest BCUT2D eigenvalue weighted by atomic mass is 16.3. The van der Waals surface area contributed by atoms with Crippen molar-refractivity contribution in [3.63, 3.8) is 0 Å². The summed E-state index contributed by atoms with van der Waals surface area (Å²) in [4.78, 5) is 4.56. The summed E-state index contributed by atoms with van der Waals surface area (Å²) in [6.07, 6.45) is 1.04. The maximum Gasteiger partial charge on any atom is 0.198 e. The van der Waals surface area contributed by atoms with Crippen molar-refractivity contribution < 1.29 is 4.42 Å². The molecule has 0 aliphatic carbocycles. The lowest BCUT2D eigenvalue weighted by Gasteiger charge is -2.10. The maximum atomic E-state index is 5.80. The van der Waals surface area contributed by atoms with Crippen molar-refractivity contribution in [2.24, 2.45) is 0 Å². The third-order valence-electron chi connectivity index (χ3n) is 3.16. The van der Waals surface area contributed by atoms with Gasteiger partial charge in [-0.2, -0.15) is 0 Å². The predicted octanol–water partition coefficient (Wildman–Crippen LogP) is 4.64. The number of hydrogen-bond acceptors (Lipinski definition) is 2. The van der Waals surface area contributed by atoms with Crippen LogP contribution in [-0.4, -0.2) is 4.98 Å². The summed E-state index contributed by atoms with van der Waals surface area (Å²) < 4.78 is 5.80. The average Bonchev–Trinajstić information content (AvgIpc) is 2.69. The molecule has 0 atom stereocenters. The van der Waals surface area contributed by atoms with Crippen molar-refractivity contribution in [1.29, 1.82) is 0 Å². The van der Waals surface area contributed by atoms with Crippen molar-refractivity contribution in [1.82, 2.24) is 4.98 Å². The second-order valence-electron chi connectivity index (χ2n) is 5.23. The normalized spacial score (nSPS) is 11.9. The summed E-state index contributed by atoms with van der Waals surface area (Å²) >= 11 is 0. The van der Waals surface area contributed by atoms with Crippen molar-refractivity contribution in [2.45, 2.75) is 52.9 Å². The Morgan fingerprint density at radius 3 is 2.35 bits per heavy atom. The van der Waals surface area contributed by atoms with E-state index in [1.54, 1.807) is 0 Å². The molecule has 0 unspecified atom stereocenters. The summed E-state index contributed by atoms with van der Waals surface area (Å²) in [6, 6.07) is 4.34. The molecule has 17 heavy (non-hydrogen) atoms. The first kappa shape index (κ1) is 12.2. The number of hydrogen-bond donors (Lipinski definition) is 0. The molecule has 0 saturated carbocycles. The maximum absolute atomic E-state index is 5.80. The lowest BCUT2D eigenvalue weighted by Crippen LogP contribution is -1.94. The van der Waals surface area contributed by atoms with Crippen LogP contribution in [0.3, 0.4) is 0 Å². The van der Waals surface area contributed by atoms with Crippen molar-refractivity contribution in [3.05, 3.63) is 29.2 Å². The fourth-order valence-electron chi connectivity index (χ4n) is 2.14. The molecule has 1 aromatic heterocycles. The minimum atomic E-state index is 0.343. The Bertz CT molecular complexity index is 523. The second kappa shape index (κ2) is 4.52. The Labute approximate surface area is 103 Å². The number of rotatable bonds is 3. The van der Waals surface area contributed by atoms with Crippen LogP contribution >= 0.6 is 0 Å². The Morgan fingerprint density at radius 1 is 1.12 bits per heavy atom. The molecule has 0 N–H and O–H groups in total. The first-order chi connectivity index (χ1) is 8.02. The zero-order chi connectivity index (χ0) is 12.6. The van der Waals surface area contributed by atoms with Crippen molar-refractivity contribution >= 4 is 11.1 Å². The van der Waals surface area contributed by atoms with Crippen LogP contribution in [0.1, 0.15) is 63.5 Å². The van der Waals surface area contributed by atoms with E-state index in [0.717, 1.165) is 23.4 Å².